The Morgan fingerprint density at radius 3 is 2.90 bits per heavy atom. The van der Waals surface area contributed by atoms with Crippen molar-refractivity contribution in [3.8, 4) is 0 Å². The first-order valence-corrected chi connectivity index (χ1v) is 3.44. The molecule has 0 saturated heterocycles. The average molecular weight is 159 g/mol. The highest BCUT2D eigenvalue weighted by Gasteiger charge is 2.17. The van der Waals surface area contributed by atoms with Gasteiger partial charge < -0.3 is 0 Å². The molecule has 1 rings (SSSR count). The summed E-state index contributed by atoms with van der Waals surface area (Å²) in [4.78, 5) is 10.8. The van der Waals surface area contributed by atoms with Gasteiger partial charge in [0.05, 0.1) is 5.92 Å². The molecule has 0 fully saturated rings. The summed E-state index contributed by atoms with van der Waals surface area (Å²) in [5.74, 6) is -0.364. The Kier molecular flexibility index (Phi) is 2.17. The standard InChI is InChI=1S/C6H7ClN2O/c1-2-4-3-5(7)8-9-6(4)10/h3-4H,2H2,1H3. The van der Waals surface area contributed by atoms with Crippen LogP contribution < -0.4 is 0 Å². The van der Waals surface area contributed by atoms with E-state index in [0.717, 1.165) is 6.42 Å². The van der Waals surface area contributed by atoms with E-state index in [0.29, 0.717) is 5.16 Å². The van der Waals surface area contributed by atoms with Gasteiger partial charge in [-0.25, -0.2) is 0 Å². The molecule has 0 spiro atoms. The van der Waals surface area contributed by atoms with Crippen LogP contribution in [-0.2, 0) is 4.79 Å². The van der Waals surface area contributed by atoms with Crippen molar-refractivity contribution < 1.29 is 4.79 Å². The third-order valence-electron chi connectivity index (χ3n) is 1.34. The van der Waals surface area contributed by atoms with Crippen LogP contribution in [0.5, 0.6) is 0 Å². The largest absolute Gasteiger partial charge is 0.271 e. The summed E-state index contributed by atoms with van der Waals surface area (Å²) in [5, 5.41) is 7.07. The van der Waals surface area contributed by atoms with Crippen molar-refractivity contribution in [1.82, 2.24) is 0 Å². The molecule has 1 aliphatic rings. The molecule has 4 heteroatoms. The number of carbonyl (C=O) groups excluding carboxylic acids is 1. The second-order valence-corrected chi connectivity index (χ2v) is 2.43. The number of rotatable bonds is 1. The van der Waals surface area contributed by atoms with E-state index in [-0.39, 0.29) is 11.8 Å². The summed E-state index contributed by atoms with van der Waals surface area (Å²) in [6, 6.07) is 0. The zero-order valence-electron chi connectivity index (χ0n) is 5.54. The maximum Gasteiger partial charge on any atom is 0.271 e. The summed E-state index contributed by atoms with van der Waals surface area (Å²) in [7, 11) is 0. The normalized spacial score (nSPS) is 24.8. The van der Waals surface area contributed by atoms with E-state index < -0.39 is 0 Å². The molecule has 1 aliphatic heterocycles. The monoisotopic (exact) mass is 158 g/mol. The van der Waals surface area contributed by atoms with Crippen LogP contribution in [0.3, 0.4) is 0 Å². The summed E-state index contributed by atoms with van der Waals surface area (Å²) in [6.45, 7) is 1.91. The quantitative estimate of drug-likeness (QED) is 0.539. The number of carbonyl (C=O) groups is 1. The topological polar surface area (TPSA) is 41.8 Å². The van der Waals surface area contributed by atoms with E-state index in [1.807, 2.05) is 6.92 Å². The van der Waals surface area contributed by atoms with Crippen LogP contribution in [0.4, 0.5) is 0 Å². The van der Waals surface area contributed by atoms with E-state index in [2.05, 4.69) is 10.2 Å². The van der Waals surface area contributed by atoms with Crippen molar-refractivity contribution in [2.45, 2.75) is 13.3 Å². The van der Waals surface area contributed by atoms with Gasteiger partial charge in [0.15, 0.2) is 0 Å². The number of hydrogen-bond donors (Lipinski definition) is 0. The molecule has 0 aliphatic carbocycles. The highest BCUT2D eigenvalue weighted by Crippen LogP contribution is 2.18. The number of azo groups is 1. The predicted octanol–water partition coefficient (Wildman–Crippen LogP) is 2.09. The van der Waals surface area contributed by atoms with Crippen molar-refractivity contribution in [2.75, 3.05) is 0 Å². The fraction of sp³-hybridized carbons (Fsp3) is 0.500. The molecule has 1 amide bonds. The third-order valence-corrected chi connectivity index (χ3v) is 1.54. The Balaban J connectivity index is 2.76. The Hall–Kier alpha value is -0.700. The summed E-state index contributed by atoms with van der Waals surface area (Å²) >= 11 is 5.50. The van der Waals surface area contributed by atoms with E-state index in [1.54, 1.807) is 6.08 Å². The Labute approximate surface area is 63.8 Å². The van der Waals surface area contributed by atoms with Crippen LogP contribution in [0.25, 0.3) is 0 Å². The molecule has 0 aromatic carbocycles. The van der Waals surface area contributed by atoms with E-state index in [9.17, 15) is 4.79 Å². The minimum atomic E-state index is -0.202. The molecule has 1 atom stereocenters. The van der Waals surface area contributed by atoms with Crippen molar-refractivity contribution in [3.05, 3.63) is 11.2 Å². The van der Waals surface area contributed by atoms with Gasteiger partial charge in [-0.3, -0.25) is 4.79 Å². The van der Waals surface area contributed by atoms with Crippen LogP contribution in [0, 0.1) is 5.92 Å². The number of amides is 1. The SMILES string of the molecule is CCC1C=C(Cl)N=NC1=O. The molecule has 3 nitrogen and oxygen atoms in total. The number of halogens is 1. The smallest absolute Gasteiger partial charge is 0.270 e. The lowest BCUT2D eigenvalue weighted by atomic mass is 10.1. The maximum absolute atomic E-state index is 10.8. The molecule has 54 valence electrons. The van der Waals surface area contributed by atoms with Gasteiger partial charge in [-0.2, -0.15) is 0 Å². The Morgan fingerprint density at radius 2 is 2.40 bits per heavy atom. The van der Waals surface area contributed by atoms with Gasteiger partial charge in [0.1, 0.15) is 5.16 Å². The molecule has 0 N–H and O–H groups in total. The minimum absolute atomic E-state index is 0.162. The third kappa shape index (κ3) is 1.42. The van der Waals surface area contributed by atoms with Gasteiger partial charge in [-0.05, 0) is 12.5 Å². The highest BCUT2D eigenvalue weighted by atomic mass is 35.5. The molecular formula is C6H7ClN2O. The van der Waals surface area contributed by atoms with Crippen LogP contribution in [0.2, 0.25) is 0 Å². The van der Waals surface area contributed by atoms with Crippen LogP contribution in [0.1, 0.15) is 13.3 Å². The summed E-state index contributed by atoms with van der Waals surface area (Å²) in [5.41, 5.74) is 0. The number of nitrogens with zero attached hydrogens (tertiary/aromatic N) is 2. The van der Waals surface area contributed by atoms with Crippen LogP contribution in [-0.4, -0.2) is 5.91 Å². The molecular weight excluding hydrogens is 152 g/mol. The Bertz CT molecular complexity index is 210. The first kappa shape index (κ1) is 7.41. The number of hydrogen-bond acceptors (Lipinski definition) is 2. The second kappa shape index (κ2) is 2.92. The zero-order valence-corrected chi connectivity index (χ0v) is 6.30. The summed E-state index contributed by atoms with van der Waals surface area (Å²) in [6.07, 6.45) is 2.35. The maximum atomic E-state index is 10.8. The molecule has 0 saturated carbocycles. The fourth-order valence-corrected chi connectivity index (χ4v) is 0.924. The van der Waals surface area contributed by atoms with E-state index in [4.69, 9.17) is 11.6 Å². The second-order valence-electron chi connectivity index (χ2n) is 2.04. The highest BCUT2D eigenvalue weighted by molar-refractivity contribution is 6.29. The van der Waals surface area contributed by atoms with Gasteiger partial charge in [-0.1, -0.05) is 18.5 Å². The first-order valence-electron chi connectivity index (χ1n) is 3.07. The molecule has 1 heterocycles. The van der Waals surface area contributed by atoms with Crippen molar-refractivity contribution in [2.24, 2.45) is 16.1 Å². The van der Waals surface area contributed by atoms with Gasteiger partial charge in [0, 0.05) is 0 Å². The van der Waals surface area contributed by atoms with Gasteiger partial charge in [0.2, 0.25) is 0 Å². The molecule has 10 heavy (non-hydrogen) atoms. The molecule has 0 aromatic rings. The van der Waals surface area contributed by atoms with E-state index in [1.165, 1.54) is 0 Å². The minimum Gasteiger partial charge on any atom is -0.270 e. The Morgan fingerprint density at radius 1 is 1.70 bits per heavy atom. The lowest BCUT2D eigenvalue weighted by Crippen LogP contribution is -2.10. The van der Waals surface area contributed by atoms with Gasteiger partial charge >= 0.3 is 0 Å². The first-order chi connectivity index (χ1) is 4.74. The lowest BCUT2D eigenvalue weighted by molar-refractivity contribution is -0.121. The van der Waals surface area contributed by atoms with Crippen LogP contribution >= 0.6 is 11.6 Å². The van der Waals surface area contributed by atoms with Crippen molar-refractivity contribution >= 4 is 17.5 Å². The molecule has 0 aromatic heterocycles. The van der Waals surface area contributed by atoms with Crippen molar-refractivity contribution in [3.63, 3.8) is 0 Å². The molecule has 0 bridgehead atoms. The average Bonchev–Trinajstić information content (AvgIpc) is 1.94. The van der Waals surface area contributed by atoms with Crippen molar-refractivity contribution in [1.29, 1.82) is 0 Å². The van der Waals surface area contributed by atoms with Gasteiger partial charge in [-0.15, -0.1) is 10.2 Å². The zero-order chi connectivity index (χ0) is 7.56. The van der Waals surface area contributed by atoms with E-state index >= 15 is 0 Å². The molecule has 1 unspecified atom stereocenters. The predicted molar refractivity (Wildman–Crippen MR) is 37.6 cm³/mol. The lowest BCUT2D eigenvalue weighted by Gasteiger charge is -2.06. The summed E-state index contributed by atoms with van der Waals surface area (Å²) < 4.78 is 0. The van der Waals surface area contributed by atoms with Gasteiger partial charge in [0.25, 0.3) is 5.91 Å². The molecule has 0 radical (unpaired) electrons. The van der Waals surface area contributed by atoms with Crippen LogP contribution in [0.15, 0.2) is 21.5 Å². The fourth-order valence-electron chi connectivity index (χ4n) is 0.734.